The topological polar surface area (TPSA) is 34.1 Å². The quantitative estimate of drug-likeness (QED) is 0.505. The standard InChI is InChI=1S/C27H44O2/c1-17(2)7-6-8-18(3)22-11-12-23-21-10-9-19-15-20(28)13-14-26(19,4)25(21)24(29)16-27(22,23)5/h17-19,21-23,25H,6-16H2,1-5H3/t18-,19+,21-,22-,23-,25-,26+,27-/m1/s1. The highest BCUT2D eigenvalue weighted by molar-refractivity contribution is 5.85. The van der Waals surface area contributed by atoms with Gasteiger partial charge in [0.15, 0.2) is 0 Å². The van der Waals surface area contributed by atoms with Gasteiger partial charge in [0, 0.05) is 25.2 Å². The lowest BCUT2D eigenvalue weighted by atomic mass is 9.44. The number of hydrogen-bond donors (Lipinski definition) is 0. The molecule has 4 rings (SSSR count). The lowest BCUT2D eigenvalue weighted by molar-refractivity contribution is -0.161. The van der Waals surface area contributed by atoms with Crippen LogP contribution in [0.25, 0.3) is 0 Å². The number of carbonyl (C=O) groups is 2. The highest BCUT2D eigenvalue weighted by Gasteiger charge is 2.63. The number of ketones is 2. The van der Waals surface area contributed by atoms with E-state index in [1.54, 1.807) is 0 Å². The first kappa shape index (κ1) is 21.6. The van der Waals surface area contributed by atoms with Crippen molar-refractivity contribution < 1.29 is 9.59 Å². The van der Waals surface area contributed by atoms with Gasteiger partial charge < -0.3 is 0 Å². The third-order valence-corrected chi connectivity index (χ3v) is 10.4. The van der Waals surface area contributed by atoms with Gasteiger partial charge in [0.05, 0.1) is 0 Å². The number of carbonyl (C=O) groups excluding carboxylic acids is 2. The van der Waals surface area contributed by atoms with E-state index in [4.69, 9.17) is 0 Å². The number of hydrogen-bond acceptors (Lipinski definition) is 2. The average Bonchev–Trinajstić information content (AvgIpc) is 2.98. The van der Waals surface area contributed by atoms with Crippen LogP contribution in [-0.4, -0.2) is 11.6 Å². The van der Waals surface area contributed by atoms with Crippen molar-refractivity contribution in [1.29, 1.82) is 0 Å². The molecule has 2 heteroatoms. The Morgan fingerprint density at radius 2 is 1.72 bits per heavy atom. The Bertz CT molecular complexity index is 651. The fourth-order valence-electron chi connectivity index (χ4n) is 8.88. The first-order chi connectivity index (χ1) is 13.7. The zero-order chi connectivity index (χ0) is 21.0. The molecule has 4 fully saturated rings. The summed E-state index contributed by atoms with van der Waals surface area (Å²) in [4.78, 5) is 25.8. The van der Waals surface area contributed by atoms with Gasteiger partial charge in [-0.2, -0.15) is 0 Å². The van der Waals surface area contributed by atoms with Crippen LogP contribution in [0.4, 0.5) is 0 Å². The predicted octanol–water partition coefficient (Wildman–Crippen LogP) is 6.86. The summed E-state index contributed by atoms with van der Waals surface area (Å²) in [5.74, 6) is 5.29. The molecule has 29 heavy (non-hydrogen) atoms. The van der Waals surface area contributed by atoms with Crippen molar-refractivity contribution in [2.45, 2.75) is 105 Å². The van der Waals surface area contributed by atoms with Gasteiger partial charge in [0.25, 0.3) is 0 Å². The molecule has 0 saturated heterocycles. The summed E-state index contributed by atoms with van der Waals surface area (Å²) in [5.41, 5.74) is 0.319. The monoisotopic (exact) mass is 400 g/mol. The molecule has 0 spiro atoms. The molecule has 0 aliphatic heterocycles. The van der Waals surface area contributed by atoms with Gasteiger partial charge in [-0.15, -0.1) is 0 Å². The van der Waals surface area contributed by atoms with Crippen molar-refractivity contribution in [3.05, 3.63) is 0 Å². The van der Waals surface area contributed by atoms with Crippen LogP contribution < -0.4 is 0 Å². The maximum atomic E-state index is 13.7. The van der Waals surface area contributed by atoms with Crippen LogP contribution in [0.2, 0.25) is 0 Å². The maximum absolute atomic E-state index is 13.7. The lowest BCUT2D eigenvalue weighted by Gasteiger charge is -2.59. The van der Waals surface area contributed by atoms with Crippen LogP contribution in [0.5, 0.6) is 0 Å². The van der Waals surface area contributed by atoms with Gasteiger partial charge in [-0.3, -0.25) is 9.59 Å². The fourth-order valence-corrected chi connectivity index (χ4v) is 8.88. The van der Waals surface area contributed by atoms with Gasteiger partial charge >= 0.3 is 0 Å². The Balaban J connectivity index is 1.53. The maximum Gasteiger partial charge on any atom is 0.137 e. The van der Waals surface area contributed by atoms with Gasteiger partial charge in [-0.05, 0) is 78.4 Å². The van der Waals surface area contributed by atoms with Crippen molar-refractivity contribution in [3.8, 4) is 0 Å². The third kappa shape index (κ3) is 3.55. The van der Waals surface area contributed by atoms with E-state index in [1.165, 1.54) is 44.9 Å². The Morgan fingerprint density at radius 3 is 2.45 bits per heavy atom. The van der Waals surface area contributed by atoms with E-state index in [0.29, 0.717) is 29.8 Å². The molecular formula is C27H44O2. The van der Waals surface area contributed by atoms with Crippen molar-refractivity contribution in [2.24, 2.45) is 52.3 Å². The minimum Gasteiger partial charge on any atom is -0.300 e. The van der Waals surface area contributed by atoms with Gasteiger partial charge in [-0.1, -0.05) is 53.9 Å². The van der Waals surface area contributed by atoms with Gasteiger partial charge in [0.1, 0.15) is 11.6 Å². The first-order valence-corrected chi connectivity index (χ1v) is 12.7. The molecule has 8 atom stereocenters. The molecule has 4 aliphatic carbocycles. The van der Waals surface area contributed by atoms with Crippen LogP contribution in [0.3, 0.4) is 0 Å². The summed E-state index contributed by atoms with van der Waals surface area (Å²) < 4.78 is 0. The van der Waals surface area contributed by atoms with E-state index < -0.39 is 0 Å². The molecule has 0 aromatic rings. The minimum absolute atomic E-state index is 0.0935. The number of Topliss-reactive ketones (excluding diaryl/α,β-unsaturated/α-hetero) is 2. The van der Waals surface area contributed by atoms with E-state index in [9.17, 15) is 9.59 Å². The number of fused-ring (bicyclic) bond motifs is 5. The molecule has 0 bridgehead atoms. The SMILES string of the molecule is CC(C)CCC[C@@H](C)[C@H]1CC[C@@H]2[C@H]3CC[C@H]4CC(=O)CC[C@]4(C)[C@H]3C(=O)C[C@@]21C. The number of rotatable bonds is 5. The van der Waals surface area contributed by atoms with Gasteiger partial charge in [0.2, 0.25) is 0 Å². The summed E-state index contributed by atoms with van der Waals surface area (Å²) in [5, 5.41) is 0. The normalized spacial score (nSPS) is 45.7. The van der Waals surface area contributed by atoms with Crippen molar-refractivity contribution in [2.75, 3.05) is 0 Å². The largest absolute Gasteiger partial charge is 0.300 e. The first-order valence-electron chi connectivity index (χ1n) is 12.7. The third-order valence-electron chi connectivity index (χ3n) is 10.4. The summed E-state index contributed by atoms with van der Waals surface area (Å²) in [6.07, 6.45) is 12.3. The molecule has 4 aliphatic rings. The second kappa shape index (κ2) is 7.79. The Labute approximate surface area is 179 Å². The van der Waals surface area contributed by atoms with Crippen LogP contribution in [0, 0.1) is 52.3 Å². The minimum atomic E-state index is 0.0935. The lowest BCUT2D eigenvalue weighted by Crippen LogP contribution is -2.57. The summed E-state index contributed by atoms with van der Waals surface area (Å²) in [7, 11) is 0. The van der Waals surface area contributed by atoms with Crippen LogP contribution in [0.1, 0.15) is 105 Å². The molecule has 0 aromatic heterocycles. The molecule has 0 aromatic carbocycles. The van der Waals surface area contributed by atoms with E-state index in [2.05, 4.69) is 34.6 Å². The smallest absolute Gasteiger partial charge is 0.137 e. The summed E-state index contributed by atoms with van der Waals surface area (Å²) in [6, 6.07) is 0. The summed E-state index contributed by atoms with van der Waals surface area (Å²) in [6.45, 7) is 12.0. The van der Waals surface area contributed by atoms with Crippen LogP contribution in [0.15, 0.2) is 0 Å². The van der Waals surface area contributed by atoms with Gasteiger partial charge in [-0.25, -0.2) is 0 Å². The molecule has 0 N–H and O–H groups in total. The van der Waals surface area contributed by atoms with E-state index in [1.807, 2.05) is 0 Å². The zero-order valence-electron chi connectivity index (χ0n) is 19.6. The highest BCUT2D eigenvalue weighted by Crippen LogP contribution is 2.67. The molecular weight excluding hydrogens is 356 g/mol. The van der Waals surface area contributed by atoms with Crippen LogP contribution in [-0.2, 0) is 9.59 Å². The van der Waals surface area contributed by atoms with Crippen molar-refractivity contribution in [3.63, 3.8) is 0 Å². The highest BCUT2D eigenvalue weighted by atomic mass is 16.1. The second-order valence-electron chi connectivity index (χ2n) is 12.4. The molecule has 0 amide bonds. The Morgan fingerprint density at radius 1 is 0.966 bits per heavy atom. The van der Waals surface area contributed by atoms with Crippen LogP contribution >= 0.6 is 0 Å². The fraction of sp³-hybridized carbons (Fsp3) is 0.926. The molecule has 0 heterocycles. The molecule has 4 saturated carbocycles. The molecule has 2 nitrogen and oxygen atoms in total. The van der Waals surface area contributed by atoms with Crippen molar-refractivity contribution >= 4 is 11.6 Å². The van der Waals surface area contributed by atoms with E-state index in [0.717, 1.165) is 42.9 Å². The summed E-state index contributed by atoms with van der Waals surface area (Å²) >= 11 is 0. The predicted molar refractivity (Wildman–Crippen MR) is 118 cm³/mol. The molecule has 0 unspecified atom stereocenters. The Hall–Kier alpha value is -0.660. The molecule has 164 valence electrons. The second-order valence-corrected chi connectivity index (χ2v) is 12.4. The van der Waals surface area contributed by atoms with E-state index >= 15 is 0 Å². The van der Waals surface area contributed by atoms with E-state index in [-0.39, 0.29) is 16.7 Å². The zero-order valence-corrected chi connectivity index (χ0v) is 19.6. The Kier molecular flexibility index (Phi) is 5.79. The molecule has 0 radical (unpaired) electrons. The van der Waals surface area contributed by atoms with Crippen molar-refractivity contribution in [1.82, 2.24) is 0 Å². The average molecular weight is 401 g/mol.